The minimum Gasteiger partial charge on any atom is -0.478 e. The standard InChI is InChI=1S/C10H8.2C3H4O2/c1-2-6-10-8-4-3-7-9(10)5-1;2*1-2-3(4)5/h1-8H;2*2H,1H2,(H,4,5). The zero-order valence-electron chi connectivity index (χ0n) is 10.9. The van der Waals surface area contributed by atoms with Crippen molar-refractivity contribution in [2.75, 3.05) is 0 Å². The van der Waals surface area contributed by atoms with Gasteiger partial charge in [-0.2, -0.15) is 0 Å². The number of hydrogen-bond acceptors (Lipinski definition) is 2. The lowest BCUT2D eigenvalue weighted by Gasteiger charge is -1.92. The van der Waals surface area contributed by atoms with Gasteiger partial charge >= 0.3 is 11.9 Å². The average Bonchev–Trinajstić information content (AvgIpc) is 2.48. The molecule has 0 aliphatic carbocycles. The van der Waals surface area contributed by atoms with Gasteiger partial charge in [-0.15, -0.1) is 0 Å². The zero-order chi connectivity index (χ0) is 15.4. The third kappa shape index (κ3) is 8.25. The van der Waals surface area contributed by atoms with E-state index in [0.717, 1.165) is 12.2 Å². The molecule has 104 valence electrons. The Morgan fingerprint density at radius 2 is 0.950 bits per heavy atom. The lowest BCUT2D eigenvalue weighted by atomic mass is 10.1. The highest BCUT2D eigenvalue weighted by Crippen LogP contribution is 2.11. The highest BCUT2D eigenvalue weighted by Gasteiger charge is 1.85. The Morgan fingerprint density at radius 1 is 0.750 bits per heavy atom. The van der Waals surface area contributed by atoms with Crippen LogP contribution in [0.1, 0.15) is 0 Å². The third-order valence-corrected chi connectivity index (χ3v) is 2.01. The minimum absolute atomic E-state index is 0.833. The van der Waals surface area contributed by atoms with Crippen LogP contribution in [-0.2, 0) is 9.59 Å². The Balaban J connectivity index is 0.000000310. The van der Waals surface area contributed by atoms with E-state index in [0.29, 0.717) is 0 Å². The highest BCUT2D eigenvalue weighted by molar-refractivity contribution is 5.82. The molecule has 4 heteroatoms. The maximum Gasteiger partial charge on any atom is 0.327 e. The van der Waals surface area contributed by atoms with Crippen molar-refractivity contribution in [3.63, 3.8) is 0 Å². The van der Waals surface area contributed by atoms with Crippen LogP contribution in [0.3, 0.4) is 0 Å². The molecule has 4 nitrogen and oxygen atoms in total. The summed E-state index contributed by atoms with van der Waals surface area (Å²) in [5, 5.41) is 17.8. The molecule has 0 aliphatic heterocycles. The Hall–Kier alpha value is -2.88. The molecule has 0 fully saturated rings. The van der Waals surface area contributed by atoms with Gasteiger partial charge in [0.05, 0.1) is 0 Å². The molecule has 0 heterocycles. The van der Waals surface area contributed by atoms with E-state index in [4.69, 9.17) is 10.2 Å². The molecule has 0 aromatic heterocycles. The van der Waals surface area contributed by atoms with E-state index in [1.54, 1.807) is 0 Å². The SMILES string of the molecule is C=CC(=O)O.C=CC(=O)O.c1ccc2ccccc2c1. The second-order valence-corrected chi connectivity index (χ2v) is 3.43. The van der Waals surface area contributed by atoms with E-state index < -0.39 is 11.9 Å². The van der Waals surface area contributed by atoms with Crippen molar-refractivity contribution in [2.24, 2.45) is 0 Å². The summed E-state index contributed by atoms with van der Waals surface area (Å²) in [4.78, 5) is 18.5. The van der Waals surface area contributed by atoms with Crippen molar-refractivity contribution in [3.8, 4) is 0 Å². The smallest absolute Gasteiger partial charge is 0.327 e. The van der Waals surface area contributed by atoms with Gasteiger partial charge in [0.25, 0.3) is 0 Å². The Bertz CT molecular complexity index is 504. The normalized spacial score (nSPS) is 8.20. The quantitative estimate of drug-likeness (QED) is 0.822. The van der Waals surface area contributed by atoms with Gasteiger partial charge in [-0.25, -0.2) is 9.59 Å². The Morgan fingerprint density at radius 3 is 1.10 bits per heavy atom. The fourth-order valence-corrected chi connectivity index (χ4v) is 1.13. The van der Waals surface area contributed by atoms with Gasteiger partial charge in [0.2, 0.25) is 0 Å². The maximum atomic E-state index is 9.25. The van der Waals surface area contributed by atoms with Crippen LogP contribution in [0.25, 0.3) is 10.8 Å². The number of carboxylic acid groups (broad SMARTS) is 2. The average molecular weight is 272 g/mol. The van der Waals surface area contributed by atoms with Gasteiger partial charge < -0.3 is 10.2 Å². The molecule has 2 N–H and O–H groups in total. The number of carbonyl (C=O) groups is 2. The van der Waals surface area contributed by atoms with E-state index >= 15 is 0 Å². The van der Waals surface area contributed by atoms with Crippen LogP contribution in [0.15, 0.2) is 73.8 Å². The summed E-state index contributed by atoms with van der Waals surface area (Å²) in [5.74, 6) is -1.96. The van der Waals surface area contributed by atoms with Crippen LogP contribution in [0.4, 0.5) is 0 Å². The molecule has 0 amide bonds. The zero-order valence-corrected chi connectivity index (χ0v) is 10.9. The molecule has 2 aromatic carbocycles. The van der Waals surface area contributed by atoms with Crippen molar-refractivity contribution < 1.29 is 19.8 Å². The largest absolute Gasteiger partial charge is 0.478 e. The first kappa shape index (κ1) is 17.1. The molecule has 0 bridgehead atoms. The monoisotopic (exact) mass is 272 g/mol. The molecule has 0 radical (unpaired) electrons. The first-order valence-electron chi connectivity index (χ1n) is 5.65. The predicted octanol–water partition coefficient (Wildman–Crippen LogP) is 3.35. The van der Waals surface area contributed by atoms with Crippen LogP contribution < -0.4 is 0 Å². The molecular weight excluding hydrogens is 256 g/mol. The second kappa shape index (κ2) is 10.1. The number of fused-ring (bicyclic) bond motifs is 1. The van der Waals surface area contributed by atoms with Crippen LogP contribution in [-0.4, -0.2) is 22.2 Å². The molecular formula is C16H16O4. The van der Waals surface area contributed by atoms with Crippen LogP contribution >= 0.6 is 0 Å². The summed E-state index contributed by atoms with van der Waals surface area (Å²) in [6, 6.07) is 16.7. The lowest BCUT2D eigenvalue weighted by Crippen LogP contribution is -1.82. The van der Waals surface area contributed by atoms with E-state index in [1.165, 1.54) is 10.8 Å². The molecule has 20 heavy (non-hydrogen) atoms. The first-order chi connectivity index (χ1) is 9.51. The van der Waals surface area contributed by atoms with E-state index in [-0.39, 0.29) is 0 Å². The fourth-order valence-electron chi connectivity index (χ4n) is 1.13. The van der Waals surface area contributed by atoms with Crippen molar-refractivity contribution >= 4 is 22.7 Å². The number of rotatable bonds is 2. The second-order valence-electron chi connectivity index (χ2n) is 3.43. The first-order valence-corrected chi connectivity index (χ1v) is 5.65. The molecule has 0 saturated carbocycles. The number of carboxylic acids is 2. The molecule has 0 spiro atoms. The summed E-state index contributed by atoms with van der Waals surface area (Å²) in [5.41, 5.74) is 0. The number of benzene rings is 2. The van der Waals surface area contributed by atoms with Gasteiger partial charge in [0.1, 0.15) is 0 Å². The lowest BCUT2D eigenvalue weighted by molar-refractivity contribution is -0.132. The van der Waals surface area contributed by atoms with Crippen LogP contribution in [0.2, 0.25) is 0 Å². The number of aliphatic carboxylic acids is 2. The molecule has 0 unspecified atom stereocenters. The van der Waals surface area contributed by atoms with Crippen molar-refractivity contribution in [2.45, 2.75) is 0 Å². The molecule has 0 saturated heterocycles. The molecule has 2 aromatic rings. The third-order valence-electron chi connectivity index (χ3n) is 2.01. The highest BCUT2D eigenvalue weighted by atomic mass is 16.4. The van der Waals surface area contributed by atoms with Gasteiger partial charge in [-0.05, 0) is 10.8 Å². The van der Waals surface area contributed by atoms with E-state index in [1.807, 2.05) is 0 Å². The minimum atomic E-state index is -0.981. The van der Waals surface area contributed by atoms with Crippen molar-refractivity contribution in [1.82, 2.24) is 0 Å². The Kier molecular flexibility index (Phi) is 8.63. The van der Waals surface area contributed by atoms with Gasteiger partial charge in [-0.3, -0.25) is 0 Å². The Labute approximate surface area is 117 Å². The summed E-state index contributed by atoms with van der Waals surface area (Å²) >= 11 is 0. The van der Waals surface area contributed by atoms with Crippen molar-refractivity contribution in [1.29, 1.82) is 0 Å². The topological polar surface area (TPSA) is 74.6 Å². The molecule has 0 aliphatic rings. The number of hydrogen-bond donors (Lipinski definition) is 2. The molecule has 2 rings (SSSR count). The van der Waals surface area contributed by atoms with Gasteiger partial charge in [0, 0.05) is 12.2 Å². The van der Waals surface area contributed by atoms with Crippen molar-refractivity contribution in [3.05, 3.63) is 73.8 Å². The van der Waals surface area contributed by atoms with E-state index in [2.05, 4.69) is 61.7 Å². The summed E-state index contributed by atoms with van der Waals surface area (Å²) < 4.78 is 0. The summed E-state index contributed by atoms with van der Waals surface area (Å²) in [7, 11) is 0. The summed E-state index contributed by atoms with van der Waals surface area (Å²) in [6.45, 7) is 5.92. The van der Waals surface area contributed by atoms with E-state index in [9.17, 15) is 9.59 Å². The van der Waals surface area contributed by atoms with Crippen LogP contribution in [0.5, 0.6) is 0 Å². The van der Waals surface area contributed by atoms with Crippen LogP contribution in [0, 0.1) is 0 Å². The fraction of sp³-hybridized carbons (Fsp3) is 0. The predicted molar refractivity (Wildman–Crippen MR) is 79.6 cm³/mol. The van der Waals surface area contributed by atoms with Gasteiger partial charge in [-0.1, -0.05) is 61.7 Å². The van der Waals surface area contributed by atoms with Gasteiger partial charge in [0.15, 0.2) is 0 Å². The maximum absolute atomic E-state index is 9.25. The summed E-state index contributed by atoms with van der Waals surface area (Å²) in [6.07, 6.45) is 1.67. The molecule has 0 atom stereocenters.